The molecule has 0 radical (unpaired) electrons. The van der Waals surface area contributed by atoms with Crippen LogP contribution in [0.3, 0.4) is 0 Å². The van der Waals surface area contributed by atoms with Crippen molar-refractivity contribution in [3.63, 3.8) is 0 Å². The lowest BCUT2D eigenvalue weighted by Crippen LogP contribution is -2.37. The smallest absolute Gasteiger partial charge is 0.235 e. The Hall–Kier alpha value is -2.78. The Balaban J connectivity index is 1.46. The third kappa shape index (κ3) is 5.35. The van der Waals surface area contributed by atoms with Crippen molar-refractivity contribution in [3.05, 3.63) is 53.6 Å². The summed E-state index contributed by atoms with van der Waals surface area (Å²) in [6.07, 6.45) is 0. The molecule has 1 heterocycles. The predicted molar refractivity (Wildman–Crippen MR) is 98.0 cm³/mol. The van der Waals surface area contributed by atoms with Gasteiger partial charge in [0.15, 0.2) is 11.5 Å². The number of carbonyl (C=O) groups is 1. The van der Waals surface area contributed by atoms with Crippen LogP contribution < -0.4 is 24.2 Å². The second-order valence-electron chi connectivity index (χ2n) is 5.89. The van der Waals surface area contributed by atoms with Crippen LogP contribution in [0.2, 0.25) is 0 Å². The van der Waals surface area contributed by atoms with E-state index in [-0.39, 0.29) is 19.1 Å². The molecule has 0 saturated carbocycles. The summed E-state index contributed by atoms with van der Waals surface area (Å²) in [5.41, 5.74) is 1.43. The number of carbonyl (C=O) groups excluding carboxylic acids is 1. The van der Waals surface area contributed by atoms with E-state index in [1.54, 1.807) is 37.4 Å². The molecule has 2 aromatic rings. The fourth-order valence-electron chi connectivity index (χ4n) is 2.48. The maximum atomic E-state index is 12.2. The second kappa shape index (κ2) is 8.28. The van der Waals surface area contributed by atoms with E-state index in [0.29, 0.717) is 23.6 Å². The molecule has 3 rings (SSSR count). The molecule has 1 amide bonds. The fourth-order valence-corrected chi connectivity index (χ4v) is 3.55. The maximum Gasteiger partial charge on any atom is 0.235 e. The van der Waals surface area contributed by atoms with Crippen molar-refractivity contribution in [1.29, 1.82) is 0 Å². The van der Waals surface area contributed by atoms with Gasteiger partial charge in [0.25, 0.3) is 0 Å². The molecule has 9 heteroatoms. The van der Waals surface area contributed by atoms with Crippen molar-refractivity contribution < 1.29 is 27.4 Å². The molecule has 0 aliphatic carbocycles. The third-order valence-electron chi connectivity index (χ3n) is 3.90. The van der Waals surface area contributed by atoms with Crippen molar-refractivity contribution in [3.8, 4) is 17.2 Å². The molecular weight excluding hydrogens is 372 g/mol. The van der Waals surface area contributed by atoms with Gasteiger partial charge >= 0.3 is 0 Å². The minimum Gasteiger partial charge on any atom is -0.497 e. The molecule has 144 valence electrons. The first-order valence-electron chi connectivity index (χ1n) is 8.21. The summed E-state index contributed by atoms with van der Waals surface area (Å²) in [6, 6.07) is 12.1. The van der Waals surface area contributed by atoms with Crippen molar-refractivity contribution >= 4 is 15.9 Å². The SMILES string of the molecule is COc1ccc(CNC(=O)CNS(=O)(=O)Cc2ccc3c(c2)OCO3)cc1. The molecule has 0 saturated heterocycles. The molecule has 2 N–H and O–H groups in total. The Morgan fingerprint density at radius 2 is 1.78 bits per heavy atom. The van der Waals surface area contributed by atoms with E-state index in [0.717, 1.165) is 11.3 Å². The number of nitrogens with one attached hydrogen (secondary N) is 2. The van der Waals surface area contributed by atoms with Crippen LogP contribution in [-0.2, 0) is 27.1 Å². The highest BCUT2D eigenvalue weighted by molar-refractivity contribution is 7.88. The number of hydrogen-bond acceptors (Lipinski definition) is 6. The number of ether oxygens (including phenoxy) is 3. The Morgan fingerprint density at radius 1 is 1.07 bits per heavy atom. The van der Waals surface area contributed by atoms with Gasteiger partial charge in [0.05, 0.1) is 19.4 Å². The lowest BCUT2D eigenvalue weighted by atomic mass is 10.2. The standard InChI is InChI=1S/C18H20N2O6S/c1-24-15-5-2-13(3-6-15)9-19-18(21)10-20-27(22,23)11-14-4-7-16-17(8-14)26-12-25-16/h2-8,20H,9-12H2,1H3,(H,19,21). The molecule has 27 heavy (non-hydrogen) atoms. The average molecular weight is 392 g/mol. The predicted octanol–water partition coefficient (Wildman–Crippen LogP) is 1.16. The molecule has 0 fully saturated rings. The van der Waals surface area contributed by atoms with Crippen LogP contribution in [0.4, 0.5) is 0 Å². The van der Waals surface area contributed by atoms with Crippen molar-refractivity contribution in [1.82, 2.24) is 10.0 Å². The molecule has 1 aliphatic rings. The van der Waals surface area contributed by atoms with Crippen molar-refractivity contribution in [2.75, 3.05) is 20.4 Å². The molecule has 8 nitrogen and oxygen atoms in total. The van der Waals surface area contributed by atoms with Crippen LogP contribution in [0.15, 0.2) is 42.5 Å². The molecule has 0 aromatic heterocycles. The minimum absolute atomic E-state index is 0.123. The van der Waals surface area contributed by atoms with E-state index in [1.165, 1.54) is 0 Å². The maximum absolute atomic E-state index is 12.2. The highest BCUT2D eigenvalue weighted by atomic mass is 32.2. The summed E-state index contributed by atoms with van der Waals surface area (Å²) in [7, 11) is -2.09. The first kappa shape index (κ1) is 19.0. The van der Waals surface area contributed by atoms with Crippen LogP contribution in [0.5, 0.6) is 17.2 Å². The number of methoxy groups -OCH3 is 1. The van der Waals surface area contributed by atoms with Gasteiger partial charge in [-0.15, -0.1) is 0 Å². The Labute approximate surface area is 157 Å². The van der Waals surface area contributed by atoms with Crippen molar-refractivity contribution in [2.45, 2.75) is 12.3 Å². The third-order valence-corrected chi connectivity index (χ3v) is 5.19. The van der Waals surface area contributed by atoms with E-state index >= 15 is 0 Å². The molecule has 0 atom stereocenters. The number of hydrogen-bond donors (Lipinski definition) is 2. The van der Waals surface area contributed by atoms with Crippen LogP contribution in [0.25, 0.3) is 0 Å². The summed E-state index contributed by atoms with van der Waals surface area (Å²) < 4.78 is 42.1. The largest absolute Gasteiger partial charge is 0.497 e. The van der Waals surface area contributed by atoms with Gasteiger partial charge in [-0.2, -0.15) is 0 Å². The highest BCUT2D eigenvalue weighted by Gasteiger charge is 2.17. The topological polar surface area (TPSA) is 103 Å². The Morgan fingerprint density at radius 3 is 2.52 bits per heavy atom. The van der Waals surface area contributed by atoms with E-state index in [2.05, 4.69) is 10.0 Å². The summed E-state index contributed by atoms with van der Waals surface area (Å²) in [5.74, 6) is 1.15. The van der Waals surface area contributed by atoms with Gasteiger partial charge in [-0.05, 0) is 35.4 Å². The van der Waals surface area contributed by atoms with Gasteiger partial charge in [0, 0.05) is 6.54 Å². The summed E-state index contributed by atoms with van der Waals surface area (Å²) in [4.78, 5) is 11.9. The van der Waals surface area contributed by atoms with Gasteiger partial charge in [-0.25, -0.2) is 13.1 Å². The van der Waals surface area contributed by atoms with Gasteiger partial charge in [-0.3, -0.25) is 4.79 Å². The Kier molecular flexibility index (Phi) is 5.82. The Bertz CT molecular complexity index is 912. The lowest BCUT2D eigenvalue weighted by molar-refractivity contribution is -0.120. The molecule has 1 aliphatic heterocycles. The molecule has 2 aromatic carbocycles. The van der Waals surface area contributed by atoms with Crippen LogP contribution in [-0.4, -0.2) is 34.8 Å². The van der Waals surface area contributed by atoms with Crippen LogP contribution >= 0.6 is 0 Å². The van der Waals surface area contributed by atoms with Gasteiger partial charge in [-0.1, -0.05) is 18.2 Å². The lowest BCUT2D eigenvalue weighted by Gasteiger charge is -2.09. The first-order chi connectivity index (χ1) is 12.9. The quantitative estimate of drug-likeness (QED) is 0.699. The van der Waals surface area contributed by atoms with E-state index in [1.807, 2.05) is 12.1 Å². The van der Waals surface area contributed by atoms with E-state index < -0.39 is 15.9 Å². The molecule has 0 spiro atoms. The number of sulfonamides is 1. The minimum atomic E-state index is -3.66. The van der Waals surface area contributed by atoms with Crippen molar-refractivity contribution in [2.24, 2.45) is 0 Å². The molecular formula is C18H20N2O6S. The number of amides is 1. The van der Waals surface area contributed by atoms with Gasteiger partial charge in [0.1, 0.15) is 5.75 Å². The molecule has 0 unspecified atom stereocenters. The monoisotopic (exact) mass is 392 g/mol. The zero-order valence-corrected chi connectivity index (χ0v) is 15.5. The number of benzene rings is 2. The van der Waals surface area contributed by atoms with E-state index in [9.17, 15) is 13.2 Å². The normalized spacial score (nSPS) is 12.6. The van der Waals surface area contributed by atoms with Gasteiger partial charge < -0.3 is 19.5 Å². The highest BCUT2D eigenvalue weighted by Crippen LogP contribution is 2.32. The summed E-state index contributed by atoms with van der Waals surface area (Å²) in [5, 5.41) is 2.66. The van der Waals surface area contributed by atoms with Crippen LogP contribution in [0, 0.1) is 0 Å². The summed E-state index contributed by atoms with van der Waals surface area (Å²) in [6.45, 7) is 0.0912. The van der Waals surface area contributed by atoms with Gasteiger partial charge in [0.2, 0.25) is 22.7 Å². The summed E-state index contributed by atoms with van der Waals surface area (Å²) >= 11 is 0. The van der Waals surface area contributed by atoms with Crippen LogP contribution in [0.1, 0.15) is 11.1 Å². The zero-order valence-electron chi connectivity index (χ0n) is 14.7. The zero-order chi connectivity index (χ0) is 19.3. The number of fused-ring (bicyclic) bond motifs is 1. The number of rotatable bonds is 8. The second-order valence-corrected chi connectivity index (χ2v) is 7.70. The first-order valence-corrected chi connectivity index (χ1v) is 9.86. The van der Waals surface area contributed by atoms with E-state index in [4.69, 9.17) is 14.2 Å². The average Bonchev–Trinajstić information content (AvgIpc) is 3.12. The fraction of sp³-hybridized carbons (Fsp3) is 0.278. The molecule has 0 bridgehead atoms.